The summed E-state index contributed by atoms with van der Waals surface area (Å²) in [5.74, 6) is -0.0858. The van der Waals surface area contributed by atoms with E-state index >= 15 is 0 Å². The van der Waals surface area contributed by atoms with E-state index in [4.69, 9.17) is 5.26 Å². The zero-order valence-electron chi connectivity index (χ0n) is 13.8. The van der Waals surface area contributed by atoms with Crippen molar-refractivity contribution in [2.45, 2.75) is 26.4 Å². The molecule has 0 aromatic heterocycles. The molecular weight excluding hydrogens is 286 g/mol. The largest absolute Gasteiger partial charge is 0.324 e. The van der Waals surface area contributed by atoms with Crippen molar-refractivity contribution in [3.8, 4) is 6.07 Å². The number of para-hydroxylation sites is 1. The highest BCUT2D eigenvalue weighted by Gasteiger charge is 2.22. The van der Waals surface area contributed by atoms with Crippen LogP contribution in [0.2, 0.25) is 0 Å². The normalized spacial score (nSPS) is 13.0. The molecule has 0 saturated carbocycles. The Labute approximate surface area is 137 Å². The molecule has 1 amide bonds. The van der Waals surface area contributed by atoms with Crippen LogP contribution in [0.4, 0.5) is 5.69 Å². The van der Waals surface area contributed by atoms with Gasteiger partial charge in [-0.05, 0) is 26.0 Å². The lowest BCUT2D eigenvalue weighted by Crippen LogP contribution is -3.12. The highest BCUT2D eigenvalue weighted by Crippen LogP contribution is 2.13. The van der Waals surface area contributed by atoms with Gasteiger partial charge in [-0.1, -0.05) is 42.0 Å². The Kier molecular flexibility index (Phi) is 5.51. The van der Waals surface area contributed by atoms with Crippen molar-refractivity contribution in [2.75, 3.05) is 12.4 Å². The van der Waals surface area contributed by atoms with Crippen LogP contribution in [-0.4, -0.2) is 19.0 Å². The zero-order valence-corrected chi connectivity index (χ0v) is 13.8. The van der Waals surface area contributed by atoms with Crippen molar-refractivity contribution in [1.82, 2.24) is 0 Å². The Bertz CT molecular complexity index is 716. The fourth-order valence-electron chi connectivity index (χ4n) is 2.34. The minimum atomic E-state index is -0.219. The van der Waals surface area contributed by atoms with Crippen molar-refractivity contribution in [2.24, 2.45) is 0 Å². The van der Waals surface area contributed by atoms with E-state index in [0.29, 0.717) is 11.3 Å². The molecule has 0 radical (unpaired) electrons. The van der Waals surface area contributed by atoms with E-state index in [1.165, 1.54) is 11.1 Å². The lowest BCUT2D eigenvalue weighted by molar-refractivity contribution is -0.907. The van der Waals surface area contributed by atoms with Gasteiger partial charge in [0.15, 0.2) is 6.04 Å². The van der Waals surface area contributed by atoms with Crippen molar-refractivity contribution < 1.29 is 9.69 Å². The molecule has 2 aromatic rings. The molecular formula is C19H22N3O+. The average Bonchev–Trinajstić information content (AvgIpc) is 2.56. The summed E-state index contributed by atoms with van der Waals surface area (Å²) in [6.07, 6.45) is 0. The summed E-state index contributed by atoms with van der Waals surface area (Å²) in [5, 5.41) is 11.9. The van der Waals surface area contributed by atoms with Crippen LogP contribution < -0.4 is 10.2 Å². The number of nitrogens with one attached hydrogen (secondary N) is 2. The van der Waals surface area contributed by atoms with Crippen LogP contribution >= 0.6 is 0 Å². The monoisotopic (exact) mass is 308 g/mol. The topological polar surface area (TPSA) is 57.3 Å². The number of carbonyl (C=O) groups excluding carboxylic acids is 1. The third-order valence-electron chi connectivity index (χ3n) is 4.04. The summed E-state index contributed by atoms with van der Waals surface area (Å²) in [7, 11) is 2.00. The second-order valence-corrected chi connectivity index (χ2v) is 5.88. The highest BCUT2D eigenvalue weighted by molar-refractivity contribution is 5.94. The molecule has 2 rings (SSSR count). The molecule has 2 N–H and O–H groups in total. The minimum absolute atomic E-state index is 0.0858. The van der Waals surface area contributed by atoms with Crippen molar-refractivity contribution in [3.63, 3.8) is 0 Å². The van der Waals surface area contributed by atoms with E-state index < -0.39 is 0 Å². The van der Waals surface area contributed by atoms with Gasteiger partial charge in [-0.3, -0.25) is 4.79 Å². The summed E-state index contributed by atoms with van der Waals surface area (Å²) >= 11 is 0. The summed E-state index contributed by atoms with van der Waals surface area (Å²) in [6, 6.07) is 17.3. The van der Waals surface area contributed by atoms with Crippen LogP contribution in [0.25, 0.3) is 0 Å². The van der Waals surface area contributed by atoms with E-state index in [1.807, 2.05) is 20.0 Å². The van der Waals surface area contributed by atoms with E-state index in [0.717, 1.165) is 11.4 Å². The summed E-state index contributed by atoms with van der Waals surface area (Å²) in [4.78, 5) is 13.5. The maximum Gasteiger partial charge on any atom is 0.282 e. The van der Waals surface area contributed by atoms with Gasteiger partial charge in [0.25, 0.3) is 5.91 Å². The van der Waals surface area contributed by atoms with Crippen LogP contribution in [0.15, 0.2) is 48.5 Å². The van der Waals surface area contributed by atoms with Gasteiger partial charge in [-0.2, -0.15) is 5.26 Å². The summed E-state index contributed by atoms with van der Waals surface area (Å²) in [6.45, 7) is 4.73. The first-order valence-electron chi connectivity index (χ1n) is 7.69. The Balaban J connectivity index is 2.01. The molecule has 118 valence electrons. The Morgan fingerprint density at radius 2 is 1.87 bits per heavy atom. The van der Waals surface area contributed by atoms with E-state index in [1.54, 1.807) is 18.2 Å². The SMILES string of the molecule is Cc1ccc(C[NH+](C)[C@H](C)C(=O)Nc2ccccc2C#N)cc1. The van der Waals surface area contributed by atoms with Gasteiger partial charge in [0.05, 0.1) is 18.3 Å². The van der Waals surface area contributed by atoms with Gasteiger partial charge in [-0.25, -0.2) is 0 Å². The number of carbonyl (C=O) groups is 1. The van der Waals surface area contributed by atoms with Gasteiger partial charge < -0.3 is 10.2 Å². The molecule has 23 heavy (non-hydrogen) atoms. The predicted molar refractivity (Wildman–Crippen MR) is 91.0 cm³/mol. The first-order valence-corrected chi connectivity index (χ1v) is 7.69. The second kappa shape index (κ2) is 7.57. The molecule has 2 atom stereocenters. The van der Waals surface area contributed by atoms with Gasteiger partial charge in [-0.15, -0.1) is 0 Å². The van der Waals surface area contributed by atoms with E-state index in [9.17, 15) is 4.79 Å². The molecule has 0 saturated heterocycles. The third-order valence-corrected chi connectivity index (χ3v) is 4.04. The molecule has 0 aliphatic rings. The predicted octanol–water partition coefficient (Wildman–Crippen LogP) is 1.91. The molecule has 0 spiro atoms. The molecule has 0 fully saturated rings. The number of quaternary nitrogens is 1. The van der Waals surface area contributed by atoms with Crippen LogP contribution in [0.5, 0.6) is 0 Å². The molecule has 0 heterocycles. The van der Waals surface area contributed by atoms with Crippen LogP contribution in [0.3, 0.4) is 0 Å². The van der Waals surface area contributed by atoms with Gasteiger partial charge >= 0.3 is 0 Å². The molecule has 4 heteroatoms. The molecule has 2 aromatic carbocycles. The number of hydrogen-bond donors (Lipinski definition) is 2. The molecule has 4 nitrogen and oxygen atoms in total. The van der Waals surface area contributed by atoms with E-state index in [2.05, 4.69) is 42.6 Å². The lowest BCUT2D eigenvalue weighted by Gasteiger charge is -2.21. The number of benzene rings is 2. The highest BCUT2D eigenvalue weighted by atomic mass is 16.2. The van der Waals surface area contributed by atoms with Crippen molar-refractivity contribution >= 4 is 11.6 Å². The molecule has 0 aliphatic heterocycles. The Morgan fingerprint density at radius 1 is 1.22 bits per heavy atom. The third kappa shape index (κ3) is 4.41. The van der Waals surface area contributed by atoms with Gasteiger partial charge in [0.1, 0.15) is 12.6 Å². The minimum Gasteiger partial charge on any atom is -0.324 e. The van der Waals surface area contributed by atoms with Crippen molar-refractivity contribution in [3.05, 3.63) is 65.2 Å². The maximum atomic E-state index is 12.4. The maximum absolute atomic E-state index is 12.4. The molecule has 0 aliphatic carbocycles. The zero-order chi connectivity index (χ0) is 16.8. The average molecular weight is 308 g/mol. The standard InChI is InChI=1S/C19H21N3O/c1-14-8-10-16(11-9-14)13-22(3)15(2)19(23)21-18-7-5-4-6-17(18)12-20/h4-11,15H,13H2,1-3H3,(H,21,23)/p+1/t15-/m1/s1. The van der Waals surface area contributed by atoms with E-state index in [-0.39, 0.29) is 11.9 Å². The number of likely N-dealkylation sites (N-methyl/N-ethyl adjacent to an activating group) is 1. The first kappa shape index (κ1) is 16.7. The van der Waals surface area contributed by atoms with Crippen LogP contribution in [-0.2, 0) is 11.3 Å². The van der Waals surface area contributed by atoms with Crippen LogP contribution in [0.1, 0.15) is 23.6 Å². The number of nitrogens with zero attached hydrogens (tertiary/aromatic N) is 1. The summed E-state index contributed by atoms with van der Waals surface area (Å²) in [5.41, 5.74) is 3.47. The summed E-state index contributed by atoms with van der Waals surface area (Å²) < 4.78 is 0. The molecule has 1 unspecified atom stereocenters. The Hall–Kier alpha value is -2.64. The molecule has 0 bridgehead atoms. The number of hydrogen-bond acceptors (Lipinski definition) is 2. The number of anilines is 1. The lowest BCUT2D eigenvalue weighted by atomic mass is 10.1. The smallest absolute Gasteiger partial charge is 0.282 e. The van der Waals surface area contributed by atoms with Gasteiger partial charge in [0.2, 0.25) is 0 Å². The number of nitriles is 1. The Morgan fingerprint density at radius 3 is 2.52 bits per heavy atom. The van der Waals surface area contributed by atoms with Gasteiger partial charge in [0, 0.05) is 5.56 Å². The van der Waals surface area contributed by atoms with Crippen LogP contribution in [0, 0.1) is 18.3 Å². The van der Waals surface area contributed by atoms with Crippen molar-refractivity contribution in [1.29, 1.82) is 5.26 Å². The fourth-order valence-corrected chi connectivity index (χ4v) is 2.34. The number of aryl methyl sites for hydroxylation is 1. The first-order chi connectivity index (χ1) is 11.0. The fraction of sp³-hybridized carbons (Fsp3) is 0.263. The number of rotatable bonds is 5. The quantitative estimate of drug-likeness (QED) is 0.886. The number of amides is 1. The second-order valence-electron chi connectivity index (χ2n) is 5.88.